The third kappa shape index (κ3) is 4.19. The highest BCUT2D eigenvalue weighted by Gasteiger charge is 2.13. The molecule has 0 amide bonds. The van der Waals surface area contributed by atoms with Gasteiger partial charge in [-0.05, 0) is 30.4 Å². The Morgan fingerprint density at radius 3 is 2.64 bits per heavy atom. The second-order valence-electron chi connectivity index (χ2n) is 5.46. The van der Waals surface area contributed by atoms with Gasteiger partial charge in [-0.1, -0.05) is 0 Å². The quantitative estimate of drug-likeness (QED) is 0.613. The lowest BCUT2D eigenvalue weighted by Gasteiger charge is -2.26. The molecule has 2 heterocycles. The van der Waals surface area contributed by atoms with Crippen LogP contribution in [0, 0.1) is 5.82 Å². The number of allylic oxidation sites excluding steroid dienone is 1. The third-order valence-electron chi connectivity index (χ3n) is 3.82. The lowest BCUT2D eigenvalue weighted by atomic mass is 10.1. The number of benzene rings is 1. The maximum absolute atomic E-state index is 13.7. The van der Waals surface area contributed by atoms with Gasteiger partial charge in [-0.15, -0.1) is 0 Å². The molecular formula is C18H18FN3O3. The van der Waals surface area contributed by atoms with Crippen molar-refractivity contribution in [3.05, 3.63) is 53.6 Å². The second-order valence-corrected chi connectivity index (χ2v) is 5.46. The van der Waals surface area contributed by atoms with Gasteiger partial charge in [0.2, 0.25) is 5.95 Å². The zero-order valence-corrected chi connectivity index (χ0v) is 13.8. The van der Waals surface area contributed by atoms with Gasteiger partial charge >= 0.3 is 0 Å². The molecule has 1 aromatic carbocycles. The van der Waals surface area contributed by atoms with E-state index in [-0.39, 0.29) is 17.1 Å². The van der Waals surface area contributed by atoms with Gasteiger partial charge in [0.05, 0.1) is 20.3 Å². The van der Waals surface area contributed by atoms with Crippen molar-refractivity contribution in [2.45, 2.75) is 0 Å². The minimum Gasteiger partial charge on any atom is -0.494 e. The number of methoxy groups -OCH3 is 1. The third-order valence-corrected chi connectivity index (χ3v) is 3.82. The SMILES string of the molecule is COc1ccc(C(=O)/C=C/c2cnc(N3CCOCC3)nc2)cc1F. The van der Waals surface area contributed by atoms with E-state index in [9.17, 15) is 9.18 Å². The van der Waals surface area contributed by atoms with Crippen LogP contribution in [-0.4, -0.2) is 49.2 Å². The lowest BCUT2D eigenvalue weighted by Crippen LogP contribution is -2.37. The van der Waals surface area contributed by atoms with E-state index in [1.165, 1.54) is 25.3 Å². The van der Waals surface area contributed by atoms with Crippen molar-refractivity contribution in [3.8, 4) is 5.75 Å². The maximum Gasteiger partial charge on any atom is 0.225 e. The molecule has 7 heteroatoms. The number of nitrogens with zero attached hydrogens (tertiary/aromatic N) is 3. The van der Waals surface area contributed by atoms with Crippen molar-refractivity contribution in [2.75, 3.05) is 38.3 Å². The Kier molecular flexibility index (Phi) is 5.35. The van der Waals surface area contributed by atoms with E-state index < -0.39 is 5.82 Å². The van der Waals surface area contributed by atoms with E-state index in [2.05, 4.69) is 9.97 Å². The predicted molar refractivity (Wildman–Crippen MR) is 91.4 cm³/mol. The molecule has 25 heavy (non-hydrogen) atoms. The molecule has 6 nitrogen and oxygen atoms in total. The summed E-state index contributed by atoms with van der Waals surface area (Å²) in [5, 5.41) is 0. The smallest absolute Gasteiger partial charge is 0.225 e. The van der Waals surface area contributed by atoms with E-state index in [0.29, 0.717) is 24.7 Å². The van der Waals surface area contributed by atoms with Crippen LogP contribution < -0.4 is 9.64 Å². The first-order chi connectivity index (χ1) is 12.2. The summed E-state index contributed by atoms with van der Waals surface area (Å²) in [6.07, 6.45) is 6.27. The van der Waals surface area contributed by atoms with Crippen LogP contribution in [0.5, 0.6) is 5.75 Å². The number of halogens is 1. The highest BCUT2D eigenvalue weighted by atomic mass is 19.1. The van der Waals surface area contributed by atoms with Crippen molar-refractivity contribution < 1.29 is 18.7 Å². The van der Waals surface area contributed by atoms with E-state index in [0.717, 1.165) is 19.2 Å². The van der Waals surface area contributed by atoms with Gasteiger partial charge < -0.3 is 14.4 Å². The van der Waals surface area contributed by atoms with Crippen LogP contribution in [-0.2, 0) is 4.74 Å². The number of ketones is 1. The Labute approximate surface area is 144 Å². The first kappa shape index (κ1) is 17.0. The average molecular weight is 343 g/mol. The summed E-state index contributed by atoms with van der Waals surface area (Å²) in [7, 11) is 1.38. The van der Waals surface area contributed by atoms with Gasteiger partial charge in [-0.3, -0.25) is 4.79 Å². The molecule has 1 aliphatic rings. The van der Waals surface area contributed by atoms with Crippen LogP contribution >= 0.6 is 0 Å². The van der Waals surface area contributed by atoms with Crippen molar-refractivity contribution >= 4 is 17.8 Å². The average Bonchev–Trinajstić information content (AvgIpc) is 2.67. The Morgan fingerprint density at radius 2 is 2.00 bits per heavy atom. The van der Waals surface area contributed by atoms with Crippen LogP contribution in [0.1, 0.15) is 15.9 Å². The van der Waals surface area contributed by atoms with Gasteiger partial charge in [0.15, 0.2) is 17.3 Å². The minimum atomic E-state index is -0.569. The Morgan fingerprint density at radius 1 is 1.28 bits per heavy atom. The summed E-state index contributed by atoms with van der Waals surface area (Å²) in [5.74, 6) is -0.129. The fraction of sp³-hybridized carbons (Fsp3) is 0.278. The van der Waals surface area contributed by atoms with Crippen molar-refractivity contribution in [1.82, 2.24) is 9.97 Å². The maximum atomic E-state index is 13.7. The molecular weight excluding hydrogens is 325 g/mol. The Hall–Kier alpha value is -2.80. The number of carbonyl (C=O) groups excluding carboxylic acids is 1. The lowest BCUT2D eigenvalue weighted by molar-refractivity contribution is 0.104. The standard InChI is InChI=1S/C18H18FN3O3/c1-24-17-5-3-14(10-15(17)19)16(23)4-2-13-11-20-18(21-12-13)22-6-8-25-9-7-22/h2-5,10-12H,6-9H2,1H3/b4-2+. The molecule has 0 N–H and O–H groups in total. The summed E-state index contributed by atoms with van der Waals surface area (Å²) in [6.45, 7) is 2.85. The minimum absolute atomic E-state index is 0.104. The number of carbonyl (C=O) groups is 1. The van der Waals surface area contributed by atoms with Crippen LogP contribution in [0.4, 0.5) is 10.3 Å². The topological polar surface area (TPSA) is 64.5 Å². The van der Waals surface area contributed by atoms with Gasteiger partial charge in [-0.2, -0.15) is 0 Å². The van der Waals surface area contributed by atoms with E-state index in [1.807, 2.05) is 4.90 Å². The molecule has 0 atom stereocenters. The monoisotopic (exact) mass is 343 g/mol. The molecule has 0 saturated carbocycles. The van der Waals surface area contributed by atoms with Crippen LogP contribution in [0.15, 0.2) is 36.7 Å². The van der Waals surface area contributed by atoms with Gasteiger partial charge in [0, 0.05) is 36.6 Å². The van der Waals surface area contributed by atoms with Crippen LogP contribution in [0.3, 0.4) is 0 Å². The molecule has 0 spiro atoms. The highest BCUT2D eigenvalue weighted by Crippen LogP contribution is 2.18. The summed E-state index contributed by atoms with van der Waals surface area (Å²) < 4.78 is 23.8. The number of morpholine rings is 1. The molecule has 0 radical (unpaired) electrons. The van der Waals surface area contributed by atoms with Crippen molar-refractivity contribution in [1.29, 1.82) is 0 Å². The summed E-state index contributed by atoms with van der Waals surface area (Å²) in [6, 6.07) is 4.10. The number of aromatic nitrogens is 2. The first-order valence-electron chi connectivity index (χ1n) is 7.88. The number of rotatable bonds is 5. The largest absolute Gasteiger partial charge is 0.494 e. The number of ether oxygens (including phenoxy) is 2. The first-order valence-corrected chi connectivity index (χ1v) is 7.88. The fourth-order valence-electron chi connectivity index (χ4n) is 2.43. The zero-order valence-electron chi connectivity index (χ0n) is 13.8. The predicted octanol–water partition coefficient (Wildman–Crippen LogP) is 2.36. The van der Waals surface area contributed by atoms with E-state index in [1.54, 1.807) is 18.5 Å². The molecule has 0 bridgehead atoms. The molecule has 0 aliphatic carbocycles. The summed E-state index contributed by atoms with van der Waals surface area (Å²) >= 11 is 0. The molecule has 1 fully saturated rings. The summed E-state index contributed by atoms with van der Waals surface area (Å²) in [4.78, 5) is 22.8. The van der Waals surface area contributed by atoms with Gasteiger partial charge in [0.1, 0.15) is 0 Å². The fourth-order valence-corrected chi connectivity index (χ4v) is 2.43. The van der Waals surface area contributed by atoms with E-state index in [4.69, 9.17) is 9.47 Å². The normalized spacial score (nSPS) is 14.7. The molecule has 1 aromatic heterocycles. The molecule has 1 saturated heterocycles. The highest BCUT2D eigenvalue weighted by molar-refractivity contribution is 6.06. The zero-order chi connectivity index (χ0) is 17.6. The van der Waals surface area contributed by atoms with Gasteiger partial charge in [-0.25, -0.2) is 14.4 Å². The van der Waals surface area contributed by atoms with Gasteiger partial charge in [0.25, 0.3) is 0 Å². The van der Waals surface area contributed by atoms with E-state index >= 15 is 0 Å². The Bertz CT molecular complexity index is 772. The Balaban J connectivity index is 1.66. The molecule has 130 valence electrons. The van der Waals surface area contributed by atoms with Crippen LogP contribution in [0.2, 0.25) is 0 Å². The second kappa shape index (κ2) is 7.85. The number of hydrogen-bond donors (Lipinski definition) is 0. The number of hydrogen-bond acceptors (Lipinski definition) is 6. The summed E-state index contributed by atoms with van der Waals surface area (Å²) in [5.41, 5.74) is 0.944. The molecule has 0 unspecified atom stereocenters. The number of anilines is 1. The van der Waals surface area contributed by atoms with Crippen LogP contribution in [0.25, 0.3) is 6.08 Å². The van der Waals surface area contributed by atoms with Crippen molar-refractivity contribution in [3.63, 3.8) is 0 Å². The molecule has 1 aliphatic heterocycles. The molecule has 3 rings (SSSR count). The molecule has 2 aromatic rings. The van der Waals surface area contributed by atoms with Crippen molar-refractivity contribution in [2.24, 2.45) is 0 Å².